The molecule has 1 aliphatic carbocycles. The number of rotatable bonds is 1. The van der Waals surface area contributed by atoms with Crippen molar-refractivity contribution in [3.8, 4) is 23.5 Å². The van der Waals surface area contributed by atoms with Crippen LogP contribution in [0.2, 0.25) is 0 Å². The van der Waals surface area contributed by atoms with E-state index in [9.17, 15) is 5.11 Å². The van der Waals surface area contributed by atoms with Crippen molar-refractivity contribution in [2.75, 3.05) is 0 Å². The van der Waals surface area contributed by atoms with Gasteiger partial charge >= 0.3 is 0 Å². The van der Waals surface area contributed by atoms with E-state index in [0.29, 0.717) is 6.42 Å². The SMILES string of the molecule is C#CCC1(O)c2ccccc2-c2ccccc21. The molecule has 3 rings (SSSR count). The van der Waals surface area contributed by atoms with Gasteiger partial charge < -0.3 is 5.11 Å². The molecule has 0 heterocycles. The first-order valence-electron chi connectivity index (χ1n) is 5.62. The van der Waals surface area contributed by atoms with E-state index in [0.717, 1.165) is 22.3 Å². The Kier molecular flexibility index (Phi) is 2.07. The highest BCUT2D eigenvalue weighted by molar-refractivity contribution is 5.80. The number of hydrogen-bond acceptors (Lipinski definition) is 1. The zero-order valence-corrected chi connectivity index (χ0v) is 9.35. The zero-order chi connectivity index (χ0) is 11.9. The number of hydrogen-bond donors (Lipinski definition) is 1. The lowest BCUT2D eigenvalue weighted by Gasteiger charge is -2.23. The molecule has 0 spiro atoms. The molecular weight excluding hydrogens is 208 g/mol. The summed E-state index contributed by atoms with van der Waals surface area (Å²) < 4.78 is 0. The number of terminal acetylenes is 1. The highest BCUT2D eigenvalue weighted by Crippen LogP contribution is 2.48. The zero-order valence-electron chi connectivity index (χ0n) is 9.35. The van der Waals surface area contributed by atoms with Crippen LogP contribution in [0.5, 0.6) is 0 Å². The van der Waals surface area contributed by atoms with Crippen LogP contribution >= 0.6 is 0 Å². The smallest absolute Gasteiger partial charge is 0.127 e. The fourth-order valence-electron chi connectivity index (χ4n) is 2.64. The van der Waals surface area contributed by atoms with Gasteiger partial charge in [0.15, 0.2) is 0 Å². The lowest BCUT2D eigenvalue weighted by atomic mass is 9.88. The molecule has 1 N–H and O–H groups in total. The summed E-state index contributed by atoms with van der Waals surface area (Å²) in [5, 5.41) is 10.9. The fourth-order valence-corrected chi connectivity index (χ4v) is 2.64. The minimum Gasteiger partial charge on any atom is -0.379 e. The van der Waals surface area contributed by atoms with Gasteiger partial charge in [-0.1, -0.05) is 48.5 Å². The van der Waals surface area contributed by atoms with E-state index in [4.69, 9.17) is 6.42 Å². The first-order valence-corrected chi connectivity index (χ1v) is 5.62. The Morgan fingerprint density at radius 1 is 0.941 bits per heavy atom. The second-order valence-corrected chi connectivity index (χ2v) is 4.33. The van der Waals surface area contributed by atoms with Crippen LogP contribution in [0.25, 0.3) is 11.1 Å². The maximum atomic E-state index is 10.9. The summed E-state index contributed by atoms with van der Waals surface area (Å²) in [7, 11) is 0. The molecule has 0 aromatic heterocycles. The molecule has 0 unspecified atom stereocenters. The summed E-state index contributed by atoms with van der Waals surface area (Å²) in [6.45, 7) is 0. The lowest BCUT2D eigenvalue weighted by molar-refractivity contribution is 0.0915. The maximum absolute atomic E-state index is 10.9. The molecule has 0 fully saturated rings. The van der Waals surface area contributed by atoms with E-state index < -0.39 is 5.60 Å². The van der Waals surface area contributed by atoms with Crippen LogP contribution in [0, 0.1) is 12.3 Å². The van der Waals surface area contributed by atoms with Gasteiger partial charge in [0.2, 0.25) is 0 Å². The molecule has 82 valence electrons. The van der Waals surface area contributed by atoms with E-state index in [-0.39, 0.29) is 0 Å². The molecule has 0 bridgehead atoms. The Bertz CT molecular complexity index is 574. The lowest BCUT2D eigenvalue weighted by Crippen LogP contribution is -2.23. The fraction of sp³-hybridized carbons (Fsp3) is 0.125. The quantitative estimate of drug-likeness (QED) is 0.733. The Hall–Kier alpha value is -2.04. The van der Waals surface area contributed by atoms with Gasteiger partial charge in [-0.2, -0.15) is 0 Å². The van der Waals surface area contributed by atoms with Crippen molar-refractivity contribution in [1.82, 2.24) is 0 Å². The number of fused-ring (bicyclic) bond motifs is 3. The monoisotopic (exact) mass is 220 g/mol. The van der Waals surface area contributed by atoms with E-state index >= 15 is 0 Å². The molecule has 1 heteroatoms. The van der Waals surface area contributed by atoms with Crippen LogP contribution in [0.3, 0.4) is 0 Å². The molecule has 0 saturated carbocycles. The molecule has 17 heavy (non-hydrogen) atoms. The van der Waals surface area contributed by atoms with Crippen LogP contribution in [0.1, 0.15) is 17.5 Å². The molecule has 0 atom stereocenters. The summed E-state index contributed by atoms with van der Waals surface area (Å²) in [4.78, 5) is 0. The van der Waals surface area contributed by atoms with Gasteiger partial charge in [-0.3, -0.25) is 0 Å². The van der Waals surface area contributed by atoms with Crippen LogP contribution in [0.4, 0.5) is 0 Å². The van der Waals surface area contributed by atoms with E-state index in [1.807, 2.05) is 48.5 Å². The van der Waals surface area contributed by atoms with E-state index in [1.54, 1.807) is 0 Å². The van der Waals surface area contributed by atoms with Gasteiger partial charge in [0.1, 0.15) is 5.60 Å². The first-order chi connectivity index (χ1) is 8.27. The first kappa shape index (κ1) is 10.1. The average molecular weight is 220 g/mol. The van der Waals surface area contributed by atoms with E-state index in [2.05, 4.69) is 5.92 Å². The maximum Gasteiger partial charge on any atom is 0.127 e. The number of benzene rings is 2. The van der Waals surface area contributed by atoms with Gasteiger partial charge in [0, 0.05) is 6.42 Å². The van der Waals surface area contributed by atoms with Gasteiger partial charge in [0.05, 0.1) is 0 Å². The predicted molar refractivity (Wildman–Crippen MR) is 68.3 cm³/mol. The molecule has 2 aromatic rings. The Morgan fingerprint density at radius 3 is 1.88 bits per heavy atom. The molecule has 0 aliphatic heterocycles. The van der Waals surface area contributed by atoms with Crippen molar-refractivity contribution in [2.45, 2.75) is 12.0 Å². The Morgan fingerprint density at radius 2 is 1.41 bits per heavy atom. The van der Waals surface area contributed by atoms with Gasteiger partial charge in [-0.25, -0.2) is 0 Å². The Labute approximate surface area is 101 Å². The summed E-state index contributed by atoms with van der Waals surface area (Å²) in [6, 6.07) is 15.8. The predicted octanol–water partition coefficient (Wildman–Crippen LogP) is 2.93. The normalized spacial score (nSPS) is 14.8. The van der Waals surface area contributed by atoms with Crippen LogP contribution in [-0.2, 0) is 5.60 Å². The molecule has 0 saturated heterocycles. The molecule has 1 aliphatic rings. The largest absolute Gasteiger partial charge is 0.379 e. The molecule has 1 nitrogen and oxygen atoms in total. The van der Waals surface area contributed by atoms with Crippen molar-refractivity contribution in [3.63, 3.8) is 0 Å². The Balaban J connectivity index is 2.36. The van der Waals surface area contributed by atoms with Crippen molar-refractivity contribution < 1.29 is 5.11 Å². The van der Waals surface area contributed by atoms with Crippen LogP contribution < -0.4 is 0 Å². The molecule has 2 aromatic carbocycles. The third-order valence-electron chi connectivity index (χ3n) is 3.39. The van der Waals surface area contributed by atoms with Crippen LogP contribution in [0.15, 0.2) is 48.5 Å². The van der Waals surface area contributed by atoms with Crippen molar-refractivity contribution >= 4 is 0 Å². The highest BCUT2D eigenvalue weighted by Gasteiger charge is 2.40. The topological polar surface area (TPSA) is 20.2 Å². The second kappa shape index (κ2) is 3.48. The van der Waals surface area contributed by atoms with Gasteiger partial charge in [-0.15, -0.1) is 12.3 Å². The third kappa shape index (κ3) is 1.25. The third-order valence-corrected chi connectivity index (χ3v) is 3.39. The molecular formula is C16H12O. The highest BCUT2D eigenvalue weighted by atomic mass is 16.3. The minimum atomic E-state index is -1.03. The minimum absolute atomic E-state index is 0.307. The summed E-state index contributed by atoms with van der Waals surface area (Å²) in [6.07, 6.45) is 5.70. The van der Waals surface area contributed by atoms with Crippen molar-refractivity contribution in [3.05, 3.63) is 59.7 Å². The summed E-state index contributed by atoms with van der Waals surface area (Å²) >= 11 is 0. The van der Waals surface area contributed by atoms with Gasteiger partial charge in [0.25, 0.3) is 0 Å². The van der Waals surface area contributed by atoms with Crippen molar-refractivity contribution in [1.29, 1.82) is 0 Å². The van der Waals surface area contributed by atoms with Crippen LogP contribution in [-0.4, -0.2) is 5.11 Å². The summed E-state index contributed by atoms with van der Waals surface area (Å²) in [5.41, 5.74) is 2.97. The summed E-state index contributed by atoms with van der Waals surface area (Å²) in [5.74, 6) is 2.58. The standard InChI is InChI=1S/C16H12O/c1-2-11-16(17)14-9-5-3-7-12(14)13-8-4-6-10-15(13)16/h1,3-10,17H,11H2. The van der Waals surface area contributed by atoms with Gasteiger partial charge in [-0.05, 0) is 22.3 Å². The average Bonchev–Trinajstić information content (AvgIpc) is 2.62. The molecule has 0 radical (unpaired) electrons. The van der Waals surface area contributed by atoms with E-state index in [1.165, 1.54) is 0 Å². The number of aliphatic hydroxyl groups is 1. The van der Waals surface area contributed by atoms with Crippen molar-refractivity contribution in [2.24, 2.45) is 0 Å². The molecule has 0 amide bonds. The second-order valence-electron chi connectivity index (χ2n) is 4.33.